The van der Waals surface area contributed by atoms with Gasteiger partial charge in [-0.3, -0.25) is 9.59 Å². The molecule has 0 aliphatic carbocycles. The Kier molecular flexibility index (Phi) is 3.99. The number of nitrogens with zero attached hydrogens (tertiary/aromatic N) is 3. The Morgan fingerprint density at radius 1 is 0.968 bits per heavy atom. The van der Waals surface area contributed by atoms with E-state index >= 15 is 0 Å². The monoisotopic (exact) mass is 475 g/mol. The molecule has 31 heavy (non-hydrogen) atoms. The zero-order valence-electron chi connectivity index (χ0n) is 16.4. The Bertz CT molecular complexity index is 1270. The van der Waals surface area contributed by atoms with Crippen LogP contribution in [0.1, 0.15) is 16.8 Å². The molecular formula is C24H18BrN3O3. The van der Waals surface area contributed by atoms with E-state index in [0.29, 0.717) is 24.2 Å². The van der Waals surface area contributed by atoms with Gasteiger partial charge in [0.15, 0.2) is 0 Å². The van der Waals surface area contributed by atoms with Crippen LogP contribution in [0.5, 0.6) is 0 Å². The second-order valence-corrected chi connectivity index (χ2v) is 9.15. The van der Waals surface area contributed by atoms with Crippen molar-refractivity contribution in [2.45, 2.75) is 24.5 Å². The molecule has 154 valence electrons. The highest BCUT2D eigenvalue weighted by Crippen LogP contribution is 2.43. The smallest absolute Gasteiger partial charge is 0.331 e. The van der Waals surface area contributed by atoms with Crippen molar-refractivity contribution in [3.63, 3.8) is 0 Å². The van der Waals surface area contributed by atoms with E-state index in [1.165, 1.54) is 4.90 Å². The molecule has 0 spiro atoms. The quantitative estimate of drug-likeness (QED) is 0.525. The van der Waals surface area contributed by atoms with E-state index in [1.807, 2.05) is 54.6 Å². The summed E-state index contributed by atoms with van der Waals surface area (Å²) < 4.78 is 0.832. The summed E-state index contributed by atoms with van der Waals surface area (Å²) in [6.45, 7) is 0.453. The average molecular weight is 476 g/mol. The molecule has 0 aromatic heterocycles. The Morgan fingerprint density at radius 2 is 1.74 bits per heavy atom. The first kappa shape index (κ1) is 18.6. The number of likely N-dealkylation sites (tertiary alicyclic amines) is 1. The molecule has 3 atom stereocenters. The zero-order chi connectivity index (χ0) is 21.3. The fraction of sp³-hybridized carbons (Fsp3) is 0.208. The number of halogens is 1. The van der Waals surface area contributed by atoms with Gasteiger partial charge in [-0.05, 0) is 36.1 Å². The molecule has 3 aromatic carbocycles. The number of carbonyl (C=O) groups is 3. The highest BCUT2D eigenvalue weighted by atomic mass is 79.9. The molecular weight excluding hydrogens is 458 g/mol. The van der Waals surface area contributed by atoms with Crippen molar-refractivity contribution in [1.29, 1.82) is 0 Å². The average Bonchev–Trinajstić information content (AvgIpc) is 3.44. The van der Waals surface area contributed by atoms with E-state index in [0.717, 1.165) is 15.2 Å². The molecule has 2 bridgehead atoms. The van der Waals surface area contributed by atoms with Crippen LogP contribution in [0.15, 0.2) is 71.2 Å². The van der Waals surface area contributed by atoms with Crippen LogP contribution in [0.3, 0.4) is 0 Å². The molecule has 7 heteroatoms. The molecule has 0 N–H and O–H groups in total. The van der Waals surface area contributed by atoms with Gasteiger partial charge < -0.3 is 9.80 Å². The molecule has 3 fully saturated rings. The van der Waals surface area contributed by atoms with Crippen LogP contribution in [-0.4, -0.2) is 52.3 Å². The number of hydrogen-bond acceptors (Lipinski definition) is 3. The van der Waals surface area contributed by atoms with Crippen molar-refractivity contribution in [3.05, 3.63) is 76.8 Å². The maximum absolute atomic E-state index is 13.5. The minimum Gasteiger partial charge on any atom is -0.331 e. The minimum absolute atomic E-state index is 0.0997. The van der Waals surface area contributed by atoms with Crippen LogP contribution >= 0.6 is 15.9 Å². The van der Waals surface area contributed by atoms with Crippen LogP contribution in [-0.2, 0) is 4.79 Å². The van der Waals surface area contributed by atoms with Crippen LogP contribution < -0.4 is 4.90 Å². The number of imide groups is 1. The lowest BCUT2D eigenvalue weighted by molar-refractivity contribution is -0.121. The number of urea groups is 1. The van der Waals surface area contributed by atoms with E-state index in [4.69, 9.17) is 0 Å². The van der Waals surface area contributed by atoms with Gasteiger partial charge >= 0.3 is 6.03 Å². The molecule has 6 nitrogen and oxygen atoms in total. The third kappa shape index (κ3) is 2.59. The maximum atomic E-state index is 13.5. The highest BCUT2D eigenvalue weighted by Gasteiger charge is 2.63. The van der Waals surface area contributed by atoms with Gasteiger partial charge in [-0.15, -0.1) is 0 Å². The van der Waals surface area contributed by atoms with Crippen LogP contribution in [0.4, 0.5) is 10.5 Å². The fourth-order valence-electron chi connectivity index (χ4n) is 5.30. The Balaban J connectivity index is 1.36. The predicted molar refractivity (Wildman–Crippen MR) is 120 cm³/mol. The third-order valence-electron chi connectivity index (χ3n) is 6.60. The summed E-state index contributed by atoms with van der Waals surface area (Å²) in [5.41, 5.74) is 1.18. The first-order valence-electron chi connectivity index (χ1n) is 10.2. The van der Waals surface area contributed by atoms with Crippen LogP contribution in [0, 0.1) is 0 Å². The summed E-state index contributed by atoms with van der Waals surface area (Å²) >= 11 is 3.41. The number of benzene rings is 3. The summed E-state index contributed by atoms with van der Waals surface area (Å²) in [6.07, 6.45) is 0.644. The molecule has 0 saturated carbocycles. The molecule has 2 unspecified atom stereocenters. The van der Waals surface area contributed by atoms with E-state index in [9.17, 15) is 14.4 Å². The van der Waals surface area contributed by atoms with Crippen molar-refractivity contribution in [1.82, 2.24) is 9.80 Å². The number of hydrogen-bond donors (Lipinski definition) is 0. The molecule has 3 aliphatic rings. The Hall–Kier alpha value is -3.19. The number of carbonyl (C=O) groups excluding carboxylic acids is 3. The highest BCUT2D eigenvalue weighted by molar-refractivity contribution is 9.10. The summed E-state index contributed by atoms with van der Waals surface area (Å²) in [5.74, 6) is -0.349. The predicted octanol–water partition coefficient (Wildman–Crippen LogP) is 4.04. The molecule has 3 saturated heterocycles. The normalized spacial score (nSPS) is 24.4. The maximum Gasteiger partial charge on any atom is 0.332 e. The second-order valence-electron chi connectivity index (χ2n) is 8.23. The van der Waals surface area contributed by atoms with Gasteiger partial charge in [0.25, 0.3) is 11.8 Å². The lowest BCUT2D eigenvalue weighted by Crippen LogP contribution is -2.54. The molecule has 3 aromatic rings. The molecule has 3 heterocycles. The van der Waals surface area contributed by atoms with Crippen molar-refractivity contribution >= 4 is 50.2 Å². The standard InChI is InChI=1S/C24H18BrN3O3/c25-16-8-3-7-15(11-16)22(29)26-13-17-12-20(26)21-23(30)28(24(31)27(17)21)19-10-4-6-14-5-1-2-9-18(14)19/h1-11,17,20-21H,12-13H2/t17-,20?,21?/m1/s1. The van der Waals surface area contributed by atoms with Gasteiger partial charge in [-0.2, -0.15) is 0 Å². The molecule has 3 aliphatic heterocycles. The van der Waals surface area contributed by atoms with Gasteiger partial charge in [0.05, 0.1) is 17.8 Å². The van der Waals surface area contributed by atoms with Crippen molar-refractivity contribution in [2.24, 2.45) is 0 Å². The number of anilines is 1. The Labute approximate surface area is 187 Å². The number of amides is 4. The SMILES string of the molecule is O=C1C2C3C[C@H](CN3C(=O)c3cccc(Br)c3)N2C(=O)N1c1cccc2ccccc12. The van der Waals surface area contributed by atoms with Gasteiger partial charge in [-0.25, -0.2) is 9.69 Å². The number of piperazine rings is 1. The molecule has 4 amide bonds. The summed E-state index contributed by atoms with van der Waals surface area (Å²) in [7, 11) is 0. The van der Waals surface area contributed by atoms with Crippen molar-refractivity contribution in [3.8, 4) is 0 Å². The minimum atomic E-state index is -0.624. The van der Waals surface area contributed by atoms with Crippen LogP contribution in [0.2, 0.25) is 0 Å². The van der Waals surface area contributed by atoms with Crippen LogP contribution in [0.25, 0.3) is 10.8 Å². The summed E-state index contributed by atoms with van der Waals surface area (Å²) in [5, 5.41) is 1.84. The third-order valence-corrected chi connectivity index (χ3v) is 7.10. The van der Waals surface area contributed by atoms with Gasteiger partial charge in [-0.1, -0.05) is 58.4 Å². The van der Waals surface area contributed by atoms with E-state index in [2.05, 4.69) is 15.9 Å². The number of fused-ring (bicyclic) bond motifs is 6. The van der Waals surface area contributed by atoms with Gasteiger partial charge in [0.2, 0.25) is 0 Å². The zero-order valence-corrected chi connectivity index (χ0v) is 18.0. The lowest BCUT2D eigenvalue weighted by Gasteiger charge is -2.35. The first-order valence-corrected chi connectivity index (χ1v) is 11.0. The van der Waals surface area contributed by atoms with Gasteiger partial charge in [0, 0.05) is 22.0 Å². The molecule has 0 radical (unpaired) electrons. The first-order chi connectivity index (χ1) is 15.0. The lowest BCUT2D eigenvalue weighted by atomic mass is 10.1. The Morgan fingerprint density at radius 3 is 2.58 bits per heavy atom. The van der Waals surface area contributed by atoms with Crippen molar-refractivity contribution in [2.75, 3.05) is 11.4 Å². The van der Waals surface area contributed by atoms with E-state index in [1.54, 1.807) is 21.9 Å². The number of rotatable bonds is 2. The topological polar surface area (TPSA) is 60.9 Å². The van der Waals surface area contributed by atoms with E-state index in [-0.39, 0.29) is 29.9 Å². The summed E-state index contributed by atoms with van der Waals surface area (Å²) in [4.78, 5) is 44.8. The largest absolute Gasteiger partial charge is 0.332 e. The van der Waals surface area contributed by atoms with E-state index < -0.39 is 6.04 Å². The van der Waals surface area contributed by atoms with Gasteiger partial charge in [0.1, 0.15) is 6.04 Å². The molecule has 6 rings (SSSR count). The fourth-order valence-corrected chi connectivity index (χ4v) is 5.70. The second kappa shape index (κ2) is 6.65. The van der Waals surface area contributed by atoms with Crippen molar-refractivity contribution < 1.29 is 14.4 Å². The summed E-state index contributed by atoms with van der Waals surface area (Å²) in [6, 6.07) is 19.3.